The van der Waals surface area contributed by atoms with Crippen molar-refractivity contribution < 1.29 is 35.9 Å². The number of hydrogen-bond donors (Lipinski definition) is 1. The first-order valence-electron chi connectivity index (χ1n) is 17.3. The highest BCUT2D eigenvalue weighted by molar-refractivity contribution is 7.81. The Morgan fingerprint density at radius 3 is 2.05 bits per heavy atom. The number of thiocarbonyl (C=S) groups is 2. The lowest BCUT2D eigenvalue weighted by molar-refractivity contribution is -0.138. The van der Waals surface area contributed by atoms with Gasteiger partial charge >= 0.3 is 18.4 Å². The average molecular weight is 813 g/mol. The van der Waals surface area contributed by atoms with Crippen LogP contribution in [-0.4, -0.2) is 64.4 Å². The molecule has 292 valence electrons. The van der Waals surface area contributed by atoms with Crippen LogP contribution in [0.1, 0.15) is 56.7 Å². The summed E-state index contributed by atoms with van der Waals surface area (Å²) in [7, 11) is 0. The molecule has 3 aromatic rings. The van der Waals surface area contributed by atoms with Gasteiger partial charge < -0.3 is 24.8 Å². The van der Waals surface area contributed by atoms with Gasteiger partial charge in [0.15, 0.2) is 15.9 Å². The molecular formula is C38H34F6N8O2S2. The summed E-state index contributed by atoms with van der Waals surface area (Å²) in [5, 5.41) is 11.7. The van der Waals surface area contributed by atoms with Crippen molar-refractivity contribution in [3.8, 4) is 6.07 Å². The van der Waals surface area contributed by atoms with Crippen molar-refractivity contribution >= 4 is 75.0 Å². The minimum absolute atomic E-state index is 0.0396. The molecule has 1 amide bonds. The van der Waals surface area contributed by atoms with Gasteiger partial charge in [-0.15, -0.1) is 0 Å². The van der Waals surface area contributed by atoms with Crippen molar-refractivity contribution in [1.82, 2.24) is 4.90 Å². The van der Waals surface area contributed by atoms with Gasteiger partial charge in [0.1, 0.15) is 17.0 Å². The minimum Gasteiger partial charge on any atom is -0.444 e. The molecule has 3 fully saturated rings. The van der Waals surface area contributed by atoms with Crippen molar-refractivity contribution in [3.05, 3.63) is 88.8 Å². The van der Waals surface area contributed by atoms with Gasteiger partial charge in [0.05, 0.1) is 29.3 Å². The molecule has 0 bridgehead atoms. The molecule has 1 aliphatic carbocycles. The van der Waals surface area contributed by atoms with Crippen LogP contribution < -0.4 is 20.0 Å². The second kappa shape index (κ2) is 14.9. The molecule has 18 heteroatoms. The highest BCUT2D eigenvalue weighted by Crippen LogP contribution is 2.50. The zero-order chi connectivity index (χ0) is 40.8. The van der Waals surface area contributed by atoms with Gasteiger partial charge in [-0.05, 0) is 119 Å². The van der Waals surface area contributed by atoms with E-state index in [0.29, 0.717) is 51.1 Å². The Morgan fingerprint density at radius 2 is 1.52 bits per heavy atom. The van der Waals surface area contributed by atoms with E-state index in [4.69, 9.17) is 35.7 Å². The van der Waals surface area contributed by atoms with E-state index in [9.17, 15) is 36.4 Å². The third kappa shape index (κ3) is 7.94. The van der Waals surface area contributed by atoms with Crippen molar-refractivity contribution in [2.24, 2.45) is 4.99 Å². The molecule has 3 aromatic carbocycles. The van der Waals surface area contributed by atoms with Gasteiger partial charge in [-0.1, -0.05) is 6.07 Å². The van der Waals surface area contributed by atoms with E-state index in [1.807, 2.05) is 24.3 Å². The molecule has 56 heavy (non-hydrogen) atoms. The molecule has 0 atom stereocenters. The van der Waals surface area contributed by atoms with Crippen molar-refractivity contribution in [1.29, 1.82) is 5.26 Å². The number of piperazine rings is 1. The molecule has 0 unspecified atom stereocenters. The van der Waals surface area contributed by atoms with Crippen LogP contribution in [0.3, 0.4) is 0 Å². The normalized spacial score (nSPS) is 17.8. The fourth-order valence-electron chi connectivity index (χ4n) is 6.86. The van der Waals surface area contributed by atoms with Gasteiger partial charge in [-0.25, -0.2) is 14.6 Å². The van der Waals surface area contributed by atoms with Crippen LogP contribution >= 0.6 is 24.4 Å². The summed E-state index contributed by atoms with van der Waals surface area (Å²) in [5.74, 6) is 0.155. The maximum Gasteiger partial charge on any atom is 0.417 e. The van der Waals surface area contributed by atoms with E-state index in [1.54, 1.807) is 30.6 Å². The summed E-state index contributed by atoms with van der Waals surface area (Å²) >= 11 is 11.5. The van der Waals surface area contributed by atoms with E-state index in [0.717, 1.165) is 30.0 Å². The van der Waals surface area contributed by atoms with E-state index >= 15 is 0 Å². The Balaban J connectivity index is 1.35. The summed E-state index contributed by atoms with van der Waals surface area (Å²) in [6.45, 7) is 14.7. The maximum absolute atomic E-state index is 14.2. The van der Waals surface area contributed by atoms with Crippen molar-refractivity contribution in [2.45, 2.75) is 63.5 Å². The molecule has 1 N–H and O–H groups in total. The molecule has 1 spiro atoms. The second-order valence-corrected chi connectivity index (χ2v) is 15.1. The number of carbonyl (C=O) groups excluding carboxylic acids is 1. The smallest absolute Gasteiger partial charge is 0.417 e. The SMILES string of the molecule is [C-]#[N+]c1ccc(N2C(=S)N(c3ccc(N4CCN(C(=O)OC(C)(C)C)CC4)cc3)C3(CCC3)C2=NC(=S)Nc2ccc(C#N)c(C(F)(F)F)c2)cc1C(F)(F)F. The summed E-state index contributed by atoms with van der Waals surface area (Å²) in [6.07, 6.45) is -8.48. The van der Waals surface area contributed by atoms with E-state index in [1.165, 1.54) is 23.1 Å². The number of alkyl halides is 6. The Morgan fingerprint density at radius 1 is 0.911 bits per heavy atom. The molecule has 6 rings (SSSR count). The number of aliphatic imine (C=N–C) groups is 1. The third-order valence-corrected chi connectivity index (χ3v) is 10.2. The lowest BCUT2D eigenvalue weighted by Gasteiger charge is -2.45. The molecular weight excluding hydrogens is 779 g/mol. The Bertz CT molecular complexity index is 2180. The summed E-state index contributed by atoms with van der Waals surface area (Å²) in [5.41, 5.74) is -3.85. The molecule has 3 aliphatic rings. The quantitative estimate of drug-likeness (QED) is 0.157. The van der Waals surface area contributed by atoms with Crippen LogP contribution in [0.15, 0.2) is 65.7 Å². The molecule has 2 heterocycles. The number of rotatable bonds is 4. The number of halogens is 6. The first kappa shape index (κ1) is 40.2. The van der Waals surface area contributed by atoms with E-state index in [2.05, 4.69) is 20.1 Å². The Kier molecular flexibility index (Phi) is 10.7. The lowest BCUT2D eigenvalue weighted by Crippen LogP contribution is -2.55. The Labute approximate surface area is 329 Å². The van der Waals surface area contributed by atoms with Crippen LogP contribution in [0.25, 0.3) is 4.85 Å². The molecule has 10 nitrogen and oxygen atoms in total. The number of benzene rings is 3. The number of nitrogens with one attached hydrogen (secondary N) is 1. The fraction of sp³-hybridized carbons (Fsp3) is 0.368. The van der Waals surface area contributed by atoms with Crippen LogP contribution in [0, 0.1) is 17.9 Å². The van der Waals surface area contributed by atoms with Crippen LogP contribution in [0.5, 0.6) is 0 Å². The number of nitrogens with zero attached hydrogens (tertiary/aromatic N) is 7. The van der Waals surface area contributed by atoms with Crippen molar-refractivity contribution in [3.63, 3.8) is 0 Å². The first-order chi connectivity index (χ1) is 26.3. The monoisotopic (exact) mass is 812 g/mol. The predicted octanol–water partition coefficient (Wildman–Crippen LogP) is 9.53. The van der Waals surface area contributed by atoms with Gasteiger partial charge in [-0.2, -0.15) is 31.6 Å². The van der Waals surface area contributed by atoms with Crippen molar-refractivity contribution in [2.75, 3.05) is 46.2 Å². The van der Waals surface area contributed by atoms with Crippen LogP contribution in [-0.2, 0) is 17.1 Å². The molecule has 2 saturated heterocycles. The van der Waals surface area contributed by atoms with Gasteiger partial charge in [0, 0.05) is 48.9 Å². The van der Waals surface area contributed by atoms with E-state index < -0.39 is 45.9 Å². The number of carbonyl (C=O) groups is 1. The van der Waals surface area contributed by atoms with Crippen LogP contribution in [0.4, 0.5) is 59.6 Å². The largest absolute Gasteiger partial charge is 0.444 e. The molecule has 0 radical (unpaired) electrons. The number of anilines is 4. The number of amidine groups is 1. The fourth-order valence-corrected chi connectivity index (χ4v) is 7.54. The highest BCUT2D eigenvalue weighted by Gasteiger charge is 2.58. The maximum atomic E-state index is 14.2. The average Bonchev–Trinajstić information content (AvgIpc) is 3.37. The number of ether oxygens (including phenoxy) is 1. The summed E-state index contributed by atoms with van der Waals surface area (Å²) < 4.78 is 89.3. The molecule has 0 aromatic heterocycles. The zero-order valence-corrected chi connectivity index (χ0v) is 31.9. The molecule has 2 aliphatic heterocycles. The van der Waals surface area contributed by atoms with Crippen LogP contribution in [0.2, 0.25) is 0 Å². The third-order valence-electron chi connectivity index (χ3n) is 9.59. The summed E-state index contributed by atoms with van der Waals surface area (Å²) in [6, 6.07) is 15.1. The Hall–Kier alpha value is -5.46. The van der Waals surface area contributed by atoms with Gasteiger partial charge in [0.25, 0.3) is 0 Å². The predicted molar refractivity (Wildman–Crippen MR) is 208 cm³/mol. The van der Waals surface area contributed by atoms with Gasteiger partial charge in [-0.3, -0.25) is 4.90 Å². The minimum atomic E-state index is -4.88. The number of amides is 1. The first-order valence-corrected chi connectivity index (χ1v) is 18.1. The number of nitriles is 1. The highest BCUT2D eigenvalue weighted by atomic mass is 32.1. The summed E-state index contributed by atoms with van der Waals surface area (Å²) in [4.78, 5) is 27.2. The lowest BCUT2D eigenvalue weighted by atomic mass is 9.74. The van der Waals surface area contributed by atoms with E-state index in [-0.39, 0.29) is 33.5 Å². The van der Waals surface area contributed by atoms with Gasteiger partial charge in [0.2, 0.25) is 0 Å². The standard InChI is InChI=1S/C38H34F6N8O2S2/c1-35(2,3)54-34(53)50-18-16-49(17-19-50)25-8-10-26(11-9-25)52-33(56)51(27-12-13-30(46-4)29(21-27)38(42,43)44)31(36(52)14-5-15-36)48-32(55)47-24-7-6-23(22-45)28(20-24)37(39,40)41/h6-13,20-21H,5,14-19H2,1-3H3,(H,47,55). The molecule has 1 saturated carbocycles. The topological polar surface area (TPSA) is 91.8 Å². The number of hydrogen-bond acceptors (Lipinski definition) is 6. The second-order valence-electron chi connectivity index (χ2n) is 14.4. The zero-order valence-electron chi connectivity index (χ0n) is 30.3.